The molecule has 0 heterocycles. The normalized spacial score (nSPS) is 14.0. The number of hydrogen-bond donors (Lipinski definition) is 3. The Balaban J connectivity index is 4.05. The highest BCUT2D eigenvalue weighted by Crippen LogP contribution is 2.26. The summed E-state index contributed by atoms with van der Waals surface area (Å²) in [4.78, 5) is 1.39. The van der Waals surface area contributed by atoms with E-state index in [0.717, 1.165) is 0 Å². The minimum absolute atomic E-state index is 0.123. The summed E-state index contributed by atoms with van der Waals surface area (Å²) in [7, 11) is 1.49. The number of rotatable bonds is 8. The average molecular weight is 257 g/mol. The minimum Gasteiger partial charge on any atom is -0.394 e. The number of nitrogens with one attached hydrogen (secondary N) is 1. The Labute approximate surface area is 97.8 Å². The number of halogens is 3. The van der Waals surface area contributed by atoms with E-state index in [1.165, 1.54) is 11.9 Å². The SMILES string of the molecule is CN(CCOCCO)CC(C(=N)N)C(F)(F)F. The lowest BCUT2D eigenvalue weighted by Crippen LogP contribution is -2.43. The van der Waals surface area contributed by atoms with Crippen molar-refractivity contribution in [3.8, 4) is 0 Å². The number of nitrogens with zero attached hydrogens (tertiary/aromatic N) is 1. The van der Waals surface area contributed by atoms with Gasteiger partial charge in [0.05, 0.1) is 19.8 Å². The molecule has 5 nitrogen and oxygen atoms in total. The third-order valence-electron chi connectivity index (χ3n) is 2.12. The number of amidine groups is 1. The van der Waals surface area contributed by atoms with E-state index in [1.807, 2.05) is 0 Å². The molecule has 0 fully saturated rings. The van der Waals surface area contributed by atoms with Crippen LogP contribution < -0.4 is 5.73 Å². The van der Waals surface area contributed by atoms with E-state index in [4.69, 9.17) is 21.0 Å². The quantitative estimate of drug-likeness (QED) is 0.326. The van der Waals surface area contributed by atoms with Gasteiger partial charge in [0, 0.05) is 13.1 Å². The maximum Gasteiger partial charge on any atom is 0.399 e. The van der Waals surface area contributed by atoms with Crippen molar-refractivity contribution in [2.45, 2.75) is 6.18 Å². The lowest BCUT2D eigenvalue weighted by molar-refractivity contribution is -0.159. The molecule has 0 aromatic heterocycles. The molecule has 0 aliphatic rings. The number of ether oxygens (including phenoxy) is 1. The number of aliphatic hydroxyl groups is 1. The van der Waals surface area contributed by atoms with Crippen molar-refractivity contribution in [2.24, 2.45) is 11.7 Å². The van der Waals surface area contributed by atoms with Crippen LogP contribution in [0.2, 0.25) is 0 Å². The average Bonchev–Trinajstić information content (AvgIpc) is 2.19. The molecule has 0 amide bonds. The van der Waals surface area contributed by atoms with E-state index in [9.17, 15) is 13.2 Å². The van der Waals surface area contributed by atoms with Crippen LogP contribution in [-0.4, -0.2) is 62.0 Å². The second-order valence-corrected chi connectivity index (χ2v) is 3.65. The van der Waals surface area contributed by atoms with Crippen molar-refractivity contribution in [1.29, 1.82) is 5.41 Å². The molecule has 0 aromatic carbocycles. The lowest BCUT2D eigenvalue weighted by atomic mass is 10.1. The maximum atomic E-state index is 12.5. The minimum atomic E-state index is -4.51. The molecule has 17 heavy (non-hydrogen) atoms. The summed E-state index contributed by atoms with van der Waals surface area (Å²) >= 11 is 0. The van der Waals surface area contributed by atoms with E-state index in [0.29, 0.717) is 0 Å². The summed E-state index contributed by atoms with van der Waals surface area (Å²) in [6, 6.07) is 0. The van der Waals surface area contributed by atoms with E-state index in [1.54, 1.807) is 0 Å². The first kappa shape index (κ1) is 16.1. The molecule has 0 rings (SSSR count). The molecule has 0 aliphatic carbocycles. The van der Waals surface area contributed by atoms with Gasteiger partial charge in [-0.3, -0.25) is 5.41 Å². The molecular weight excluding hydrogens is 239 g/mol. The Kier molecular flexibility index (Phi) is 7.09. The smallest absolute Gasteiger partial charge is 0.394 e. The fourth-order valence-electron chi connectivity index (χ4n) is 1.17. The van der Waals surface area contributed by atoms with E-state index in [-0.39, 0.29) is 32.9 Å². The zero-order valence-corrected chi connectivity index (χ0v) is 9.63. The first-order chi connectivity index (χ1) is 7.79. The van der Waals surface area contributed by atoms with Crippen molar-refractivity contribution in [1.82, 2.24) is 4.90 Å². The molecule has 0 aliphatic heterocycles. The number of nitrogens with two attached hydrogens (primary N) is 1. The lowest BCUT2D eigenvalue weighted by Gasteiger charge is -2.24. The Morgan fingerprint density at radius 2 is 2.06 bits per heavy atom. The van der Waals surface area contributed by atoms with Gasteiger partial charge in [-0.1, -0.05) is 0 Å². The molecule has 0 radical (unpaired) electrons. The van der Waals surface area contributed by atoms with Crippen molar-refractivity contribution in [3.05, 3.63) is 0 Å². The van der Waals surface area contributed by atoms with Crippen LogP contribution >= 0.6 is 0 Å². The molecule has 0 saturated heterocycles. The Hall–Kier alpha value is -0.860. The van der Waals surface area contributed by atoms with Gasteiger partial charge in [-0.25, -0.2) is 0 Å². The third kappa shape index (κ3) is 7.14. The third-order valence-corrected chi connectivity index (χ3v) is 2.12. The molecule has 4 N–H and O–H groups in total. The van der Waals surface area contributed by atoms with Gasteiger partial charge < -0.3 is 20.5 Å². The van der Waals surface area contributed by atoms with Crippen molar-refractivity contribution in [2.75, 3.05) is 40.0 Å². The van der Waals surface area contributed by atoms with Crippen molar-refractivity contribution < 1.29 is 23.0 Å². The summed E-state index contributed by atoms with van der Waals surface area (Å²) < 4.78 is 42.3. The predicted molar refractivity (Wildman–Crippen MR) is 56.9 cm³/mol. The fraction of sp³-hybridized carbons (Fsp3) is 0.889. The highest BCUT2D eigenvalue weighted by molar-refractivity contribution is 5.80. The van der Waals surface area contributed by atoms with Gasteiger partial charge in [0.25, 0.3) is 0 Å². The summed E-state index contributed by atoms with van der Waals surface area (Å²) in [5, 5.41) is 15.3. The van der Waals surface area contributed by atoms with Crippen LogP contribution in [0.4, 0.5) is 13.2 Å². The Morgan fingerprint density at radius 3 is 2.47 bits per heavy atom. The van der Waals surface area contributed by atoms with E-state index < -0.39 is 17.9 Å². The molecule has 0 saturated carbocycles. The highest BCUT2D eigenvalue weighted by Gasteiger charge is 2.42. The van der Waals surface area contributed by atoms with Gasteiger partial charge in [-0.05, 0) is 7.05 Å². The molecule has 0 aromatic rings. The van der Waals surface area contributed by atoms with E-state index >= 15 is 0 Å². The summed E-state index contributed by atoms with van der Waals surface area (Å²) in [6.07, 6.45) is -4.51. The van der Waals surface area contributed by atoms with Crippen LogP contribution in [0, 0.1) is 11.3 Å². The number of likely N-dealkylation sites (N-methyl/N-ethyl adjacent to an activating group) is 1. The number of alkyl halides is 3. The van der Waals surface area contributed by atoms with Crippen LogP contribution in [0.15, 0.2) is 0 Å². The van der Waals surface area contributed by atoms with Crippen LogP contribution in [0.3, 0.4) is 0 Å². The maximum absolute atomic E-state index is 12.5. The topological polar surface area (TPSA) is 82.6 Å². The Bertz CT molecular complexity index is 236. The van der Waals surface area contributed by atoms with Gasteiger partial charge in [-0.15, -0.1) is 0 Å². The summed E-state index contributed by atoms with van der Waals surface area (Å²) in [5.74, 6) is -2.84. The van der Waals surface area contributed by atoms with Gasteiger partial charge in [0.1, 0.15) is 11.8 Å². The molecule has 1 unspecified atom stereocenters. The summed E-state index contributed by atoms with van der Waals surface area (Å²) in [6.45, 7) is 0.159. The molecule has 8 heteroatoms. The van der Waals surface area contributed by atoms with Crippen molar-refractivity contribution in [3.63, 3.8) is 0 Å². The predicted octanol–water partition coefficient (Wildman–Crippen LogP) is 0.0416. The van der Waals surface area contributed by atoms with Gasteiger partial charge in [-0.2, -0.15) is 13.2 Å². The van der Waals surface area contributed by atoms with Crippen LogP contribution in [-0.2, 0) is 4.74 Å². The van der Waals surface area contributed by atoms with Gasteiger partial charge in [0.2, 0.25) is 0 Å². The number of aliphatic hydroxyl groups excluding tert-OH is 1. The summed E-state index contributed by atoms with van der Waals surface area (Å²) in [5.41, 5.74) is 4.92. The standard InChI is InChI=1S/C9H18F3N3O2/c1-15(2-4-17-5-3-16)6-7(8(13)14)9(10,11)12/h7,16H,2-6H2,1H3,(H3,13,14). The van der Waals surface area contributed by atoms with Crippen LogP contribution in [0.1, 0.15) is 0 Å². The van der Waals surface area contributed by atoms with Crippen LogP contribution in [0.5, 0.6) is 0 Å². The van der Waals surface area contributed by atoms with E-state index in [2.05, 4.69) is 0 Å². The highest BCUT2D eigenvalue weighted by atomic mass is 19.4. The zero-order chi connectivity index (χ0) is 13.5. The number of hydrogen-bond acceptors (Lipinski definition) is 4. The first-order valence-electron chi connectivity index (χ1n) is 5.06. The molecule has 0 spiro atoms. The molecule has 102 valence electrons. The molecule has 1 atom stereocenters. The zero-order valence-electron chi connectivity index (χ0n) is 9.63. The monoisotopic (exact) mass is 257 g/mol. The molecule has 0 bridgehead atoms. The second-order valence-electron chi connectivity index (χ2n) is 3.65. The van der Waals surface area contributed by atoms with Crippen LogP contribution in [0.25, 0.3) is 0 Å². The van der Waals surface area contributed by atoms with Gasteiger partial charge >= 0.3 is 6.18 Å². The molecular formula is C9H18F3N3O2. The largest absolute Gasteiger partial charge is 0.399 e. The first-order valence-corrected chi connectivity index (χ1v) is 5.06. The van der Waals surface area contributed by atoms with Gasteiger partial charge in [0.15, 0.2) is 0 Å². The Morgan fingerprint density at radius 1 is 1.47 bits per heavy atom. The second kappa shape index (κ2) is 7.46. The van der Waals surface area contributed by atoms with Crippen molar-refractivity contribution >= 4 is 5.84 Å². The fourth-order valence-corrected chi connectivity index (χ4v) is 1.17.